The maximum absolute atomic E-state index is 13.5. The van der Waals surface area contributed by atoms with Gasteiger partial charge >= 0.3 is 0 Å². The van der Waals surface area contributed by atoms with Gasteiger partial charge in [-0.15, -0.1) is 0 Å². The van der Waals surface area contributed by atoms with Gasteiger partial charge in [-0.2, -0.15) is 0 Å². The first-order valence-electron chi connectivity index (χ1n) is 11.9. The number of amides is 2. The molecule has 1 aliphatic rings. The Kier molecular flexibility index (Phi) is 9.01. The van der Waals surface area contributed by atoms with Crippen molar-refractivity contribution in [2.24, 2.45) is 0 Å². The molecule has 1 saturated carbocycles. The topological polar surface area (TPSA) is 102 Å². The monoisotopic (exact) mass is 467 g/mol. The molecule has 182 valence electrons. The predicted octanol–water partition coefficient (Wildman–Crippen LogP) is 4.40. The van der Waals surface area contributed by atoms with Crippen LogP contribution in [0.4, 0.5) is 5.69 Å². The fourth-order valence-corrected chi connectivity index (χ4v) is 4.53. The highest BCUT2D eigenvalue weighted by Crippen LogP contribution is 2.23. The first-order valence-corrected chi connectivity index (χ1v) is 11.9. The molecule has 1 N–H and O–H groups in total. The molecule has 0 saturated heterocycles. The quantitative estimate of drug-likeness (QED) is 0.412. The molecule has 1 aliphatic carbocycles. The lowest BCUT2D eigenvalue weighted by Gasteiger charge is -2.33. The van der Waals surface area contributed by atoms with Crippen molar-refractivity contribution in [3.05, 3.63) is 69.8 Å². The average Bonchev–Trinajstić information content (AvgIpc) is 2.84. The number of nitro benzene ring substituents is 1. The van der Waals surface area contributed by atoms with Crippen molar-refractivity contribution in [3.8, 4) is 5.75 Å². The molecule has 1 atom stereocenters. The van der Waals surface area contributed by atoms with E-state index in [0.717, 1.165) is 31.2 Å². The number of carbonyl (C=O) groups excluding carboxylic acids is 2. The van der Waals surface area contributed by atoms with Crippen molar-refractivity contribution in [1.82, 2.24) is 10.2 Å². The molecule has 3 rings (SSSR count). The van der Waals surface area contributed by atoms with E-state index in [4.69, 9.17) is 4.74 Å². The number of nitrogens with one attached hydrogen (secondary N) is 1. The number of benzene rings is 2. The molecule has 34 heavy (non-hydrogen) atoms. The summed E-state index contributed by atoms with van der Waals surface area (Å²) in [6.07, 6.45) is 5.53. The van der Waals surface area contributed by atoms with Crippen molar-refractivity contribution >= 4 is 17.5 Å². The molecule has 1 fully saturated rings. The predicted molar refractivity (Wildman–Crippen MR) is 129 cm³/mol. The molecule has 2 amide bonds. The number of rotatable bonds is 10. The zero-order valence-electron chi connectivity index (χ0n) is 19.9. The second-order valence-electron chi connectivity index (χ2n) is 8.70. The maximum Gasteiger partial charge on any atom is 0.273 e. The molecular formula is C26H33N3O5. The van der Waals surface area contributed by atoms with Crippen molar-refractivity contribution in [2.75, 3.05) is 7.11 Å². The summed E-state index contributed by atoms with van der Waals surface area (Å²) in [5.74, 6) is 0.152. The molecule has 0 heterocycles. The number of hydrogen-bond donors (Lipinski definition) is 1. The number of hydrogen-bond acceptors (Lipinski definition) is 5. The molecule has 2 aromatic carbocycles. The Morgan fingerprint density at radius 3 is 2.56 bits per heavy atom. The second-order valence-corrected chi connectivity index (χ2v) is 8.70. The van der Waals surface area contributed by atoms with Crippen molar-refractivity contribution < 1.29 is 19.2 Å². The van der Waals surface area contributed by atoms with Crippen molar-refractivity contribution in [1.29, 1.82) is 0 Å². The van der Waals surface area contributed by atoms with Gasteiger partial charge in [0.2, 0.25) is 11.8 Å². The van der Waals surface area contributed by atoms with E-state index in [0.29, 0.717) is 17.7 Å². The summed E-state index contributed by atoms with van der Waals surface area (Å²) in [6.45, 7) is 2.08. The number of methoxy groups -OCH3 is 1. The summed E-state index contributed by atoms with van der Waals surface area (Å²) in [5, 5.41) is 14.6. The van der Waals surface area contributed by atoms with E-state index in [1.54, 1.807) is 30.2 Å². The van der Waals surface area contributed by atoms with E-state index < -0.39 is 11.0 Å². The number of nitro groups is 1. The van der Waals surface area contributed by atoms with Crippen LogP contribution in [0.5, 0.6) is 5.75 Å². The van der Waals surface area contributed by atoms with Crippen molar-refractivity contribution in [3.63, 3.8) is 0 Å². The minimum atomic E-state index is -0.677. The van der Waals surface area contributed by atoms with E-state index in [-0.39, 0.29) is 36.5 Å². The zero-order valence-corrected chi connectivity index (χ0v) is 19.9. The number of ether oxygens (including phenoxy) is 1. The first-order chi connectivity index (χ1) is 16.4. The highest BCUT2D eigenvalue weighted by atomic mass is 16.6. The highest BCUT2D eigenvalue weighted by Gasteiger charge is 2.31. The third kappa shape index (κ3) is 6.56. The normalized spacial score (nSPS) is 14.8. The Balaban J connectivity index is 1.87. The molecule has 0 aliphatic heterocycles. The van der Waals surface area contributed by atoms with Gasteiger partial charge < -0.3 is 15.0 Å². The van der Waals surface area contributed by atoms with Crippen LogP contribution in [-0.4, -0.2) is 40.8 Å². The Morgan fingerprint density at radius 1 is 1.15 bits per heavy atom. The molecule has 0 aromatic heterocycles. The Labute approximate surface area is 200 Å². The van der Waals surface area contributed by atoms with Gasteiger partial charge in [-0.25, -0.2) is 0 Å². The van der Waals surface area contributed by atoms with Gasteiger partial charge in [-0.05, 0) is 37.0 Å². The lowest BCUT2D eigenvalue weighted by molar-refractivity contribution is -0.385. The lowest BCUT2D eigenvalue weighted by atomic mass is 9.95. The van der Waals surface area contributed by atoms with Gasteiger partial charge in [0.05, 0.1) is 18.5 Å². The SMILES string of the molecule is CCC(C(=O)NC1CCCCC1)N(Cc1cccc(OC)c1)C(=O)Cc1ccccc1[N+](=O)[O-]. The van der Waals surface area contributed by atoms with Gasteiger partial charge in [0.1, 0.15) is 11.8 Å². The molecule has 0 spiro atoms. The van der Waals surface area contributed by atoms with Crippen LogP contribution >= 0.6 is 0 Å². The Morgan fingerprint density at radius 2 is 1.88 bits per heavy atom. The third-order valence-corrected chi connectivity index (χ3v) is 6.35. The zero-order chi connectivity index (χ0) is 24.5. The minimum Gasteiger partial charge on any atom is -0.497 e. The first kappa shape index (κ1) is 25.2. The molecular weight excluding hydrogens is 434 g/mol. The fourth-order valence-electron chi connectivity index (χ4n) is 4.53. The van der Waals surface area contributed by atoms with Gasteiger partial charge in [-0.1, -0.05) is 56.5 Å². The second kappa shape index (κ2) is 12.2. The standard InChI is InChI=1S/C26H33N3O5/c1-3-23(26(31)27-21-12-5-4-6-13-21)28(18-19-10-9-14-22(16-19)34-2)25(30)17-20-11-7-8-15-24(20)29(32)33/h7-11,14-16,21,23H,3-6,12-13,17-18H2,1-2H3,(H,27,31). The van der Waals surface area contributed by atoms with Crippen LogP contribution in [0.1, 0.15) is 56.6 Å². The number of nitrogens with zero attached hydrogens (tertiary/aromatic N) is 2. The molecule has 2 aromatic rings. The largest absolute Gasteiger partial charge is 0.497 e. The fraction of sp³-hybridized carbons (Fsp3) is 0.462. The van der Waals surface area contributed by atoms with E-state index in [1.807, 2.05) is 31.2 Å². The molecule has 0 radical (unpaired) electrons. The van der Waals surface area contributed by atoms with Crippen LogP contribution in [0.15, 0.2) is 48.5 Å². The summed E-state index contributed by atoms with van der Waals surface area (Å²) < 4.78 is 5.31. The number of para-hydroxylation sites is 1. The van der Waals surface area contributed by atoms with Crippen LogP contribution < -0.4 is 10.1 Å². The summed E-state index contributed by atoms with van der Waals surface area (Å²) in [6, 6.07) is 13.0. The highest BCUT2D eigenvalue weighted by molar-refractivity contribution is 5.89. The van der Waals surface area contributed by atoms with E-state index >= 15 is 0 Å². The lowest BCUT2D eigenvalue weighted by Crippen LogP contribution is -2.52. The van der Waals surface area contributed by atoms with Gasteiger partial charge in [-0.3, -0.25) is 19.7 Å². The van der Waals surface area contributed by atoms with Crippen LogP contribution in [-0.2, 0) is 22.6 Å². The molecule has 0 bridgehead atoms. The minimum absolute atomic E-state index is 0.100. The van der Waals surface area contributed by atoms with E-state index in [9.17, 15) is 19.7 Å². The van der Waals surface area contributed by atoms with Gasteiger partial charge in [0.25, 0.3) is 5.69 Å². The summed E-state index contributed by atoms with van der Waals surface area (Å²) in [5.41, 5.74) is 1.05. The van der Waals surface area contributed by atoms with Gasteiger partial charge in [0, 0.05) is 24.2 Å². The molecule has 8 heteroatoms. The maximum atomic E-state index is 13.5. The average molecular weight is 468 g/mol. The van der Waals surface area contributed by atoms with Crippen LogP contribution in [0.3, 0.4) is 0 Å². The Bertz CT molecular complexity index is 1000. The molecule has 1 unspecified atom stereocenters. The van der Waals surface area contributed by atoms with Crippen LogP contribution in [0, 0.1) is 10.1 Å². The smallest absolute Gasteiger partial charge is 0.273 e. The summed E-state index contributed by atoms with van der Waals surface area (Å²) in [4.78, 5) is 39.3. The summed E-state index contributed by atoms with van der Waals surface area (Å²) >= 11 is 0. The van der Waals surface area contributed by atoms with Gasteiger partial charge in [0.15, 0.2) is 0 Å². The third-order valence-electron chi connectivity index (χ3n) is 6.35. The van der Waals surface area contributed by atoms with Crippen LogP contribution in [0.25, 0.3) is 0 Å². The van der Waals surface area contributed by atoms with Crippen LogP contribution in [0.2, 0.25) is 0 Å². The van der Waals surface area contributed by atoms with Crippen molar-refractivity contribution in [2.45, 2.75) is 70.5 Å². The Hall–Kier alpha value is -3.42. The van der Waals surface area contributed by atoms with E-state index in [2.05, 4.69) is 5.32 Å². The molecule has 8 nitrogen and oxygen atoms in total. The number of carbonyl (C=O) groups is 2. The summed E-state index contributed by atoms with van der Waals surface area (Å²) in [7, 11) is 1.57. The van der Waals surface area contributed by atoms with E-state index in [1.165, 1.54) is 12.5 Å².